The first-order chi connectivity index (χ1) is 9.20. The van der Waals surface area contributed by atoms with E-state index in [2.05, 4.69) is 23.2 Å². The van der Waals surface area contributed by atoms with Gasteiger partial charge in [-0.15, -0.1) is 0 Å². The maximum atomic E-state index is 6.05. The lowest BCUT2D eigenvalue weighted by Crippen LogP contribution is -2.43. The Morgan fingerprint density at radius 1 is 1.37 bits per heavy atom. The molecule has 1 atom stereocenters. The van der Waals surface area contributed by atoms with Crippen LogP contribution in [0.3, 0.4) is 0 Å². The fourth-order valence-electron chi connectivity index (χ4n) is 3.39. The summed E-state index contributed by atoms with van der Waals surface area (Å²) in [6.45, 7) is 1.72. The van der Waals surface area contributed by atoms with Crippen LogP contribution in [-0.4, -0.2) is 34.3 Å². The Bertz CT molecular complexity index is 366. The van der Waals surface area contributed by atoms with Gasteiger partial charge in [0.05, 0.1) is 6.20 Å². The van der Waals surface area contributed by atoms with Gasteiger partial charge in [0.1, 0.15) is 0 Å². The van der Waals surface area contributed by atoms with E-state index < -0.39 is 0 Å². The Kier molecular flexibility index (Phi) is 5.40. The normalized spacial score (nSPS) is 19.6. The van der Waals surface area contributed by atoms with Gasteiger partial charge in [-0.3, -0.25) is 9.58 Å². The van der Waals surface area contributed by atoms with E-state index >= 15 is 0 Å². The van der Waals surface area contributed by atoms with Gasteiger partial charge in [-0.2, -0.15) is 5.10 Å². The first kappa shape index (κ1) is 14.5. The van der Waals surface area contributed by atoms with Crippen molar-refractivity contribution in [2.45, 2.75) is 51.1 Å². The van der Waals surface area contributed by atoms with Crippen LogP contribution in [0.4, 0.5) is 0 Å². The van der Waals surface area contributed by atoms with Crippen molar-refractivity contribution in [1.29, 1.82) is 0 Å². The van der Waals surface area contributed by atoms with Crippen molar-refractivity contribution in [1.82, 2.24) is 14.7 Å². The number of hydrogen-bond acceptors (Lipinski definition) is 3. The fraction of sp³-hybridized carbons (Fsp3) is 0.800. The molecule has 0 saturated heterocycles. The van der Waals surface area contributed by atoms with E-state index in [1.807, 2.05) is 17.9 Å². The molecule has 1 aliphatic rings. The molecule has 1 fully saturated rings. The highest BCUT2D eigenvalue weighted by Gasteiger charge is 2.25. The summed E-state index contributed by atoms with van der Waals surface area (Å²) in [4.78, 5) is 2.42. The van der Waals surface area contributed by atoms with Crippen LogP contribution in [0.2, 0.25) is 0 Å². The van der Waals surface area contributed by atoms with Crippen LogP contribution < -0.4 is 5.73 Å². The van der Waals surface area contributed by atoms with Gasteiger partial charge in [-0.05, 0) is 25.8 Å². The van der Waals surface area contributed by atoms with E-state index in [1.165, 1.54) is 44.1 Å². The third-order valence-corrected chi connectivity index (χ3v) is 4.44. The first-order valence-corrected chi connectivity index (χ1v) is 7.58. The monoisotopic (exact) mass is 264 g/mol. The van der Waals surface area contributed by atoms with Gasteiger partial charge in [-0.25, -0.2) is 0 Å². The zero-order valence-electron chi connectivity index (χ0n) is 12.4. The van der Waals surface area contributed by atoms with E-state index in [0.717, 1.165) is 19.0 Å². The molecule has 1 aliphatic carbocycles. The molecular formula is C15H28N4. The smallest absolute Gasteiger partial charge is 0.0534 e. The van der Waals surface area contributed by atoms with Crippen LogP contribution in [0.15, 0.2) is 12.4 Å². The van der Waals surface area contributed by atoms with Crippen molar-refractivity contribution in [2.24, 2.45) is 18.7 Å². The predicted molar refractivity (Wildman–Crippen MR) is 78.7 cm³/mol. The Morgan fingerprint density at radius 2 is 2.05 bits per heavy atom. The van der Waals surface area contributed by atoms with Crippen LogP contribution in [0.5, 0.6) is 0 Å². The molecule has 1 heterocycles. The number of aryl methyl sites for hydroxylation is 1. The highest BCUT2D eigenvalue weighted by Crippen LogP contribution is 2.27. The lowest BCUT2D eigenvalue weighted by atomic mass is 9.91. The number of nitrogens with two attached hydrogens (primary N) is 1. The summed E-state index contributed by atoms with van der Waals surface area (Å²) in [7, 11) is 4.17. The van der Waals surface area contributed by atoms with E-state index in [4.69, 9.17) is 5.73 Å². The van der Waals surface area contributed by atoms with Gasteiger partial charge in [-0.1, -0.05) is 25.7 Å². The second-order valence-corrected chi connectivity index (χ2v) is 5.99. The number of hydrogen-bond donors (Lipinski definition) is 1. The maximum absolute atomic E-state index is 6.05. The fourth-order valence-corrected chi connectivity index (χ4v) is 3.39. The molecule has 0 spiro atoms. The van der Waals surface area contributed by atoms with Crippen LogP contribution in [0, 0.1) is 5.92 Å². The molecule has 108 valence electrons. The summed E-state index contributed by atoms with van der Waals surface area (Å²) in [6, 6.07) is 0.512. The summed E-state index contributed by atoms with van der Waals surface area (Å²) in [6.07, 6.45) is 12.3. The van der Waals surface area contributed by atoms with Gasteiger partial charge in [0, 0.05) is 37.9 Å². The molecule has 4 heteroatoms. The Morgan fingerprint density at radius 3 is 2.58 bits per heavy atom. The molecule has 19 heavy (non-hydrogen) atoms. The quantitative estimate of drug-likeness (QED) is 0.829. The van der Waals surface area contributed by atoms with E-state index in [1.54, 1.807) is 0 Å². The maximum Gasteiger partial charge on any atom is 0.0534 e. The molecule has 4 nitrogen and oxygen atoms in total. The minimum absolute atomic E-state index is 0.512. The minimum atomic E-state index is 0.512. The summed E-state index contributed by atoms with van der Waals surface area (Å²) in [5.41, 5.74) is 7.33. The summed E-state index contributed by atoms with van der Waals surface area (Å²) in [5, 5.41) is 4.24. The number of likely N-dealkylation sites (N-methyl/N-ethyl adjacent to an activating group) is 1. The topological polar surface area (TPSA) is 47.1 Å². The predicted octanol–water partition coefficient (Wildman–Crippen LogP) is 2.15. The second-order valence-electron chi connectivity index (χ2n) is 5.99. The zero-order valence-corrected chi connectivity index (χ0v) is 12.4. The summed E-state index contributed by atoms with van der Waals surface area (Å²) < 4.78 is 1.87. The minimum Gasteiger partial charge on any atom is -0.329 e. The average Bonchev–Trinajstić information content (AvgIpc) is 2.65. The number of nitrogens with zero attached hydrogens (tertiary/aromatic N) is 3. The third kappa shape index (κ3) is 4.05. The van der Waals surface area contributed by atoms with Crippen molar-refractivity contribution in [3.05, 3.63) is 18.0 Å². The van der Waals surface area contributed by atoms with E-state index in [0.29, 0.717) is 6.04 Å². The van der Waals surface area contributed by atoms with E-state index in [9.17, 15) is 0 Å². The van der Waals surface area contributed by atoms with Gasteiger partial charge in [0.2, 0.25) is 0 Å². The molecule has 1 saturated carbocycles. The molecule has 0 aliphatic heterocycles. The van der Waals surface area contributed by atoms with Gasteiger partial charge < -0.3 is 5.73 Å². The number of rotatable bonds is 5. The van der Waals surface area contributed by atoms with Crippen LogP contribution in [0.25, 0.3) is 0 Å². The van der Waals surface area contributed by atoms with Crippen molar-refractivity contribution in [3.8, 4) is 0 Å². The van der Waals surface area contributed by atoms with Gasteiger partial charge in [0.25, 0.3) is 0 Å². The standard InChI is InChI=1S/C15H28N4/c1-18(11-13-10-17-19(2)12-13)15(9-16)14-7-5-3-4-6-8-14/h10,12,14-15H,3-9,11,16H2,1-2H3. The van der Waals surface area contributed by atoms with Gasteiger partial charge in [0.15, 0.2) is 0 Å². The Balaban J connectivity index is 1.95. The summed E-state index contributed by atoms with van der Waals surface area (Å²) in [5.74, 6) is 0.772. The molecule has 2 rings (SSSR count). The van der Waals surface area contributed by atoms with E-state index in [-0.39, 0.29) is 0 Å². The SMILES string of the molecule is CN(Cc1cnn(C)c1)C(CN)C1CCCCCC1. The van der Waals surface area contributed by atoms with Crippen molar-refractivity contribution < 1.29 is 0 Å². The summed E-state index contributed by atoms with van der Waals surface area (Å²) >= 11 is 0. The molecule has 2 N–H and O–H groups in total. The molecule has 0 radical (unpaired) electrons. The molecule has 1 aromatic rings. The Hall–Kier alpha value is -0.870. The van der Waals surface area contributed by atoms with Crippen molar-refractivity contribution >= 4 is 0 Å². The molecule has 0 bridgehead atoms. The first-order valence-electron chi connectivity index (χ1n) is 7.58. The largest absolute Gasteiger partial charge is 0.329 e. The molecule has 1 aromatic heterocycles. The highest BCUT2D eigenvalue weighted by molar-refractivity contribution is 5.03. The van der Waals surface area contributed by atoms with Crippen LogP contribution in [-0.2, 0) is 13.6 Å². The van der Waals surface area contributed by atoms with Crippen molar-refractivity contribution in [2.75, 3.05) is 13.6 Å². The lowest BCUT2D eigenvalue weighted by molar-refractivity contribution is 0.160. The third-order valence-electron chi connectivity index (χ3n) is 4.44. The number of aromatic nitrogens is 2. The lowest BCUT2D eigenvalue weighted by Gasteiger charge is -2.33. The van der Waals surface area contributed by atoms with Crippen LogP contribution in [0.1, 0.15) is 44.1 Å². The second kappa shape index (κ2) is 7.06. The molecule has 0 amide bonds. The molecule has 1 unspecified atom stereocenters. The molecular weight excluding hydrogens is 236 g/mol. The van der Waals surface area contributed by atoms with Gasteiger partial charge >= 0.3 is 0 Å². The Labute approximate surface area is 117 Å². The average molecular weight is 264 g/mol. The van der Waals surface area contributed by atoms with Crippen molar-refractivity contribution in [3.63, 3.8) is 0 Å². The van der Waals surface area contributed by atoms with Crippen LogP contribution >= 0.6 is 0 Å². The zero-order chi connectivity index (χ0) is 13.7. The highest BCUT2D eigenvalue weighted by atomic mass is 15.2. The molecule has 0 aromatic carbocycles.